The quantitative estimate of drug-likeness (QED) is 0.453. The fourth-order valence-corrected chi connectivity index (χ4v) is 2.18. The molecule has 1 aliphatic rings. The van der Waals surface area contributed by atoms with Gasteiger partial charge in [0, 0.05) is 13.1 Å². The van der Waals surface area contributed by atoms with Crippen LogP contribution in [0.2, 0.25) is 0 Å². The number of piperazine rings is 1. The van der Waals surface area contributed by atoms with Gasteiger partial charge in [-0.05, 0) is 17.3 Å². The van der Waals surface area contributed by atoms with Crippen LogP contribution in [-0.2, 0) is 0 Å². The summed E-state index contributed by atoms with van der Waals surface area (Å²) in [5, 5.41) is 3.36. The van der Waals surface area contributed by atoms with Gasteiger partial charge >= 0.3 is 0 Å². The van der Waals surface area contributed by atoms with E-state index in [9.17, 15) is 0 Å². The molecule has 1 aliphatic heterocycles. The summed E-state index contributed by atoms with van der Waals surface area (Å²) in [5.41, 5.74) is 0.991. The van der Waals surface area contributed by atoms with Crippen molar-refractivity contribution < 1.29 is 0 Å². The zero-order valence-electron chi connectivity index (χ0n) is 7.66. The van der Waals surface area contributed by atoms with Gasteiger partial charge in [0.25, 0.3) is 0 Å². The highest BCUT2D eigenvalue weighted by Crippen LogP contribution is 2.27. The molecule has 0 aliphatic carbocycles. The molecule has 0 radical (unpaired) electrons. The highest BCUT2D eigenvalue weighted by molar-refractivity contribution is 6.25. The van der Waals surface area contributed by atoms with Crippen molar-refractivity contribution in [2.45, 2.75) is 11.5 Å². The molecule has 0 spiro atoms. The molecule has 1 aromatic carbocycles. The maximum atomic E-state index is 6.20. The minimum absolute atomic E-state index is 0.115. The maximum Gasteiger partial charge on any atom is 0.118 e. The molecule has 2 rings (SSSR count). The van der Waals surface area contributed by atoms with Crippen molar-refractivity contribution in [1.29, 1.82) is 0 Å². The van der Waals surface area contributed by atoms with Gasteiger partial charge in [0.15, 0.2) is 0 Å². The molecule has 2 nitrogen and oxygen atoms in total. The van der Waals surface area contributed by atoms with Crippen molar-refractivity contribution in [1.82, 2.24) is 9.74 Å². The minimum atomic E-state index is -0.187. The first-order valence-corrected chi connectivity index (χ1v) is 5.41. The first kappa shape index (κ1) is 10.2. The standard InChI is InChI=1S/C10H12Cl2N2/c11-10-9(13-6-7-14(10)12)8-4-2-1-3-5-8/h1-5,9-10,13H,6-7H2. The lowest BCUT2D eigenvalue weighted by atomic mass is 10.1. The normalized spacial score (nSPS) is 29.0. The van der Waals surface area contributed by atoms with E-state index in [0.717, 1.165) is 13.1 Å². The maximum absolute atomic E-state index is 6.20. The average molecular weight is 231 g/mol. The minimum Gasteiger partial charge on any atom is -0.306 e. The van der Waals surface area contributed by atoms with Gasteiger partial charge in [-0.2, -0.15) is 4.42 Å². The van der Waals surface area contributed by atoms with Gasteiger partial charge < -0.3 is 5.32 Å². The number of nitrogens with one attached hydrogen (secondary N) is 1. The van der Waals surface area contributed by atoms with E-state index in [4.69, 9.17) is 23.4 Å². The lowest BCUT2D eigenvalue weighted by molar-refractivity contribution is 0.282. The molecule has 0 saturated carbocycles. The zero-order valence-corrected chi connectivity index (χ0v) is 9.17. The van der Waals surface area contributed by atoms with Crippen LogP contribution in [0.5, 0.6) is 0 Å². The summed E-state index contributed by atoms with van der Waals surface area (Å²) in [4.78, 5) is 0. The van der Waals surface area contributed by atoms with E-state index in [1.165, 1.54) is 5.56 Å². The summed E-state index contributed by atoms with van der Waals surface area (Å²) in [6.45, 7) is 1.64. The van der Waals surface area contributed by atoms with Gasteiger partial charge in [0.05, 0.1) is 6.04 Å². The lowest BCUT2D eigenvalue weighted by Crippen LogP contribution is -2.46. The summed E-state index contributed by atoms with van der Waals surface area (Å²) in [7, 11) is 0. The highest BCUT2D eigenvalue weighted by atomic mass is 35.5. The van der Waals surface area contributed by atoms with Gasteiger partial charge in [0.1, 0.15) is 5.50 Å². The van der Waals surface area contributed by atoms with E-state index in [-0.39, 0.29) is 11.5 Å². The fourth-order valence-electron chi connectivity index (χ4n) is 1.65. The number of benzene rings is 1. The van der Waals surface area contributed by atoms with Crippen LogP contribution in [-0.4, -0.2) is 23.0 Å². The van der Waals surface area contributed by atoms with Crippen molar-refractivity contribution in [2.24, 2.45) is 0 Å². The van der Waals surface area contributed by atoms with Crippen LogP contribution in [0.15, 0.2) is 30.3 Å². The third-order valence-corrected chi connectivity index (χ3v) is 3.36. The molecule has 1 N–H and O–H groups in total. The van der Waals surface area contributed by atoms with Crippen LogP contribution in [0.4, 0.5) is 0 Å². The summed E-state index contributed by atoms with van der Waals surface area (Å²) in [6.07, 6.45) is 0. The van der Waals surface area contributed by atoms with Crippen LogP contribution in [0.1, 0.15) is 11.6 Å². The largest absolute Gasteiger partial charge is 0.306 e. The smallest absolute Gasteiger partial charge is 0.118 e. The second kappa shape index (κ2) is 4.49. The summed E-state index contributed by atoms with van der Waals surface area (Å²) < 4.78 is 1.65. The molecule has 0 amide bonds. The number of alkyl halides is 1. The molecule has 2 atom stereocenters. The monoisotopic (exact) mass is 230 g/mol. The number of nitrogens with zero attached hydrogens (tertiary/aromatic N) is 1. The van der Waals surface area contributed by atoms with Crippen molar-refractivity contribution in [3.8, 4) is 0 Å². The Labute approximate surface area is 93.9 Å². The SMILES string of the molecule is ClC1C(c2ccccc2)NCCN1Cl. The Hall–Kier alpha value is -0.280. The Kier molecular flexibility index (Phi) is 3.29. The predicted molar refractivity (Wildman–Crippen MR) is 59.4 cm³/mol. The number of hydrogen-bond donors (Lipinski definition) is 1. The van der Waals surface area contributed by atoms with Gasteiger partial charge in [0.2, 0.25) is 0 Å². The van der Waals surface area contributed by atoms with Crippen molar-refractivity contribution in [2.75, 3.05) is 13.1 Å². The van der Waals surface area contributed by atoms with Crippen molar-refractivity contribution in [3.05, 3.63) is 35.9 Å². The Morgan fingerprint density at radius 2 is 2.00 bits per heavy atom. The predicted octanol–water partition coefficient (Wildman–Crippen LogP) is 2.35. The van der Waals surface area contributed by atoms with Gasteiger partial charge in [-0.1, -0.05) is 30.3 Å². The Bertz CT molecular complexity index is 291. The van der Waals surface area contributed by atoms with Crippen molar-refractivity contribution >= 4 is 23.4 Å². The van der Waals surface area contributed by atoms with E-state index in [2.05, 4.69) is 17.4 Å². The third kappa shape index (κ3) is 2.04. The van der Waals surface area contributed by atoms with E-state index in [1.807, 2.05) is 18.2 Å². The van der Waals surface area contributed by atoms with E-state index < -0.39 is 0 Å². The molecule has 1 heterocycles. The molecule has 14 heavy (non-hydrogen) atoms. The Morgan fingerprint density at radius 3 is 2.71 bits per heavy atom. The molecular weight excluding hydrogens is 219 g/mol. The summed E-state index contributed by atoms with van der Waals surface area (Å²) in [5.74, 6) is 0. The second-order valence-corrected chi connectivity index (χ2v) is 4.22. The average Bonchev–Trinajstić information content (AvgIpc) is 2.23. The zero-order chi connectivity index (χ0) is 9.97. The number of halogens is 2. The third-order valence-electron chi connectivity index (χ3n) is 2.39. The molecule has 0 bridgehead atoms. The Balaban J connectivity index is 2.17. The molecule has 1 fully saturated rings. The van der Waals surface area contributed by atoms with Gasteiger partial charge in [-0.15, -0.1) is 11.6 Å². The lowest BCUT2D eigenvalue weighted by Gasteiger charge is -2.34. The van der Waals surface area contributed by atoms with E-state index >= 15 is 0 Å². The highest BCUT2D eigenvalue weighted by Gasteiger charge is 2.29. The number of rotatable bonds is 1. The van der Waals surface area contributed by atoms with E-state index in [1.54, 1.807) is 4.42 Å². The number of hydrogen-bond acceptors (Lipinski definition) is 2. The molecule has 1 saturated heterocycles. The molecule has 0 aromatic heterocycles. The fraction of sp³-hybridized carbons (Fsp3) is 0.400. The molecule has 2 unspecified atom stereocenters. The topological polar surface area (TPSA) is 15.3 Å². The molecular formula is C10H12Cl2N2. The van der Waals surface area contributed by atoms with Crippen LogP contribution in [0.25, 0.3) is 0 Å². The van der Waals surface area contributed by atoms with Gasteiger partial charge in [-0.3, -0.25) is 0 Å². The summed E-state index contributed by atoms with van der Waals surface area (Å²) in [6, 6.07) is 10.2. The second-order valence-electron chi connectivity index (χ2n) is 3.34. The Morgan fingerprint density at radius 1 is 1.29 bits per heavy atom. The van der Waals surface area contributed by atoms with Gasteiger partial charge in [-0.25, -0.2) is 0 Å². The summed E-state index contributed by atoms with van der Waals surface area (Å²) >= 11 is 12.2. The molecule has 4 heteroatoms. The van der Waals surface area contributed by atoms with Crippen LogP contribution in [0.3, 0.4) is 0 Å². The molecule has 1 aromatic rings. The van der Waals surface area contributed by atoms with Crippen molar-refractivity contribution in [3.63, 3.8) is 0 Å². The van der Waals surface area contributed by atoms with Crippen LogP contribution in [0, 0.1) is 0 Å². The first-order valence-electron chi connectivity index (χ1n) is 4.64. The molecule has 76 valence electrons. The van der Waals surface area contributed by atoms with Crippen LogP contribution < -0.4 is 5.32 Å². The van der Waals surface area contributed by atoms with E-state index in [0.29, 0.717) is 0 Å². The first-order chi connectivity index (χ1) is 6.79. The van der Waals surface area contributed by atoms with Crippen LogP contribution >= 0.6 is 23.4 Å².